The molecule has 0 bridgehead atoms. The molecule has 2 fully saturated rings. The first kappa shape index (κ1) is 15.8. The summed E-state index contributed by atoms with van der Waals surface area (Å²) in [4.78, 5) is 25.3. The Kier molecular flexibility index (Phi) is 4.84. The lowest BCUT2D eigenvalue weighted by Crippen LogP contribution is -2.46. The Balaban J connectivity index is 1.39. The Morgan fingerprint density at radius 3 is 2.65 bits per heavy atom. The number of urea groups is 1. The zero-order chi connectivity index (χ0) is 16.2. The van der Waals surface area contributed by atoms with E-state index in [-0.39, 0.29) is 18.0 Å². The summed E-state index contributed by atoms with van der Waals surface area (Å²) >= 11 is 0. The molecule has 1 saturated heterocycles. The number of carbonyl (C=O) groups excluding carboxylic acids is 2. The molecule has 2 aliphatic rings. The van der Waals surface area contributed by atoms with Crippen LogP contribution in [0.4, 0.5) is 4.79 Å². The van der Waals surface area contributed by atoms with Gasteiger partial charge in [0, 0.05) is 32.1 Å². The Bertz CT molecular complexity index is 566. The van der Waals surface area contributed by atoms with E-state index < -0.39 is 0 Å². The van der Waals surface area contributed by atoms with E-state index in [0.29, 0.717) is 19.5 Å². The van der Waals surface area contributed by atoms with E-state index in [2.05, 4.69) is 34.9 Å². The van der Waals surface area contributed by atoms with Crippen LogP contribution in [0.5, 0.6) is 0 Å². The SMILES string of the molecule is CC(CN1CCCC1=O)NC(=O)NCc1ccc(C2CC2)cc1. The molecule has 5 heteroatoms. The van der Waals surface area contributed by atoms with Crippen LogP contribution in [-0.4, -0.2) is 36.0 Å². The summed E-state index contributed by atoms with van der Waals surface area (Å²) in [5.41, 5.74) is 2.51. The van der Waals surface area contributed by atoms with Gasteiger partial charge in [0.25, 0.3) is 0 Å². The second kappa shape index (κ2) is 7.02. The van der Waals surface area contributed by atoms with Crippen LogP contribution in [0.1, 0.15) is 49.7 Å². The molecule has 1 aliphatic heterocycles. The number of hydrogen-bond acceptors (Lipinski definition) is 2. The molecule has 1 aliphatic carbocycles. The van der Waals surface area contributed by atoms with Crippen LogP contribution in [0, 0.1) is 0 Å². The smallest absolute Gasteiger partial charge is 0.315 e. The fourth-order valence-corrected chi connectivity index (χ4v) is 3.05. The Morgan fingerprint density at radius 2 is 2.04 bits per heavy atom. The summed E-state index contributed by atoms with van der Waals surface area (Å²) in [5.74, 6) is 0.948. The molecule has 1 atom stereocenters. The molecule has 1 aromatic rings. The van der Waals surface area contributed by atoms with Gasteiger partial charge in [-0.3, -0.25) is 4.79 Å². The average Bonchev–Trinajstić information content (AvgIpc) is 3.31. The molecular formula is C18H25N3O2. The van der Waals surface area contributed by atoms with Gasteiger partial charge in [-0.15, -0.1) is 0 Å². The molecular weight excluding hydrogens is 290 g/mol. The number of benzene rings is 1. The van der Waals surface area contributed by atoms with Crippen molar-refractivity contribution >= 4 is 11.9 Å². The van der Waals surface area contributed by atoms with Gasteiger partial charge in [0.05, 0.1) is 0 Å². The van der Waals surface area contributed by atoms with E-state index in [1.54, 1.807) is 0 Å². The van der Waals surface area contributed by atoms with Crippen molar-refractivity contribution in [2.24, 2.45) is 0 Å². The molecule has 124 valence electrons. The fraction of sp³-hybridized carbons (Fsp3) is 0.556. The summed E-state index contributed by atoms with van der Waals surface area (Å²) < 4.78 is 0. The van der Waals surface area contributed by atoms with Crippen LogP contribution in [0.3, 0.4) is 0 Å². The number of nitrogens with zero attached hydrogens (tertiary/aromatic N) is 1. The first-order valence-corrected chi connectivity index (χ1v) is 8.53. The lowest BCUT2D eigenvalue weighted by atomic mass is 10.1. The molecule has 23 heavy (non-hydrogen) atoms. The minimum Gasteiger partial charge on any atom is -0.341 e. The molecule has 0 radical (unpaired) electrons. The molecule has 3 rings (SSSR count). The molecule has 1 unspecified atom stereocenters. The van der Waals surface area contributed by atoms with Gasteiger partial charge in [0.2, 0.25) is 5.91 Å². The van der Waals surface area contributed by atoms with Gasteiger partial charge < -0.3 is 15.5 Å². The highest BCUT2D eigenvalue weighted by molar-refractivity contribution is 5.78. The number of rotatable bonds is 6. The number of nitrogens with one attached hydrogen (secondary N) is 2. The van der Waals surface area contributed by atoms with Crippen LogP contribution in [-0.2, 0) is 11.3 Å². The molecule has 3 amide bonds. The minimum atomic E-state index is -0.185. The van der Waals surface area contributed by atoms with E-state index in [9.17, 15) is 9.59 Å². The van der Waals surface area contributed by atoms with Gasteiger partial charge in [0.1, 0.15) is 0 Å². The molecule has 1 saturated carbocycles. The predicted molar refractivity (Wildman–Crippen MR) is 89.1 cm³/mol. The van der Waals surface area contributed by atoms with Crippen LogP contribution in [0.25, 0.3) is 0 Å². The van der Waals surface area contributed by atoms with Gasteiger partial charge in [0.15, 0.2) is 0 Å². The van der Waals surface area contributed by atoms with E-state index in [0.717, 1.165) is 24.4 Å². The first-order valence-electron chi connectivity index (χ1n) is 8.53. The predicted octanol–water partition coefficient (Wildman–Crippen LogP) is 2.37. The summed E-state index contributed by atoms with van der Waals surface area (Å²) in [6.45, 7) is 3.84. The van der Waals surface area contributed by atoms with Crippen molar-refractivity contribution in [2.45, 2.75) is 51.1 Å². The Hall–Kier alpha value is -2.04. The van der Waals surface area contributed by atoms with Crippen LogP contribution in [0.15, 0.2) is 24.3 Å². The molecule has 5 nitrogen and oxygen atoms in total. The molecule has 1 heterocycles. The maximum Gasteiger partial charge on any atom is 0.315 e. The van der Waals surface area contributed by atoms with Crippen molar-refractivity contribution in [3.05, 3.63) is 35.4 Å². The van der Waals surface area contributed by atoms with Crippen molar-refractivity contribution in [1.29, 1.82) is 0 Å². The minimum absolute atomic E-state index is 0.0470. The van der Waals surface area contributed by atoms with E-state index in [1.807, 2.05) is 11.8 Å². The van der Waals surface area contributed by atoms with Crippen molar-refractivity contribution in [3.8, 4) is 0 Å². The highest BCUT2D eigenvalue weighted by Crippen LogP contribution is 2.39. The van der Waals surface area contributed by atoms with Crippen LogP contribution >= 0.6 is 0 Å². The number of carbonyl (C=O) groups is 2. The normalized spacial score (nSPS) is 18.8. The molecule has 0 spiro atoms. The third-order valence-electron chi connectivity index (χ3n) is 4.52. The van der Waals surface area contributed by atoms with Crippen molar-refractivity contribution in [1.82, 2.24) is 15.5 Å². The van der Waals surface area contributed by atoms with Crippen LogP contribution < -0.4 is 10.6 Å². The zero-order valence-corrected chi connectivity index (χ0v) is 13.7. The third-order valence-corrected chi connectivity index (χ3v) is 4.52. The van der Waals surface area contributed by atoms with Crippen molar-refractivity contribution < 1.29 is 9.59 Å². The van der Waals surface area contributed by atoms with Crippen molar-refractivity contribution in [3.63, 3.8) is 0 Å². The van der Waals surface area contributed by atoms with Gasteiger partial charge in [-0.1, -0.05) is 24.3 Å². The van der Waals surface area contributed by atoms with E-state index >= 15 is 0 Å². The van der Waals surface area contributed by atoms with Crippen molar-refractivity contribution in [2.75, 3.05) is 13.1 Å². The number of hydrogen-bond donors (Lipinski definition) is 2. The van der Waals surface area contributed by atoms with E-state index in [4.69, 9.17) is 0 Å². The summed E-state index contributed by atoms with van der Waals surface area (Å²) in [7, 11) is 0. The maximum absolute atomic E-state index is 11.9. The summed E-state index contributed by atoms with van der Waals surface area (Å²) in [5, 5.41) is 5.77. The Labute approximate surface area is 137 Å². The first-order chi connectivity index (χ1) is 11.1. The molecule has 1 aromatic carbocycles. The topological polar surface area (TPSA) is 61.4 Å². The Morgan fingerprint density at radius 1 is 1.30 bits per heavy atom. The van der Waals surface area contributed by atoms with Gasteiger partial charge in [-0.05, 0) is 43.2 Å². The average molecular weight is 315 g/mol. The molecule has 0 aromatic heterocycles. The third kappa shape index (κ3) is 4.47. The van der Waals surface area contributed by atoms with Gasteiger partial charge >= 0.3 is 6.03 Å². The van der Waals surface area contributed by atoms with E-state index in [1.165, 1.54) is 18.4 Å². The highest BCUT2D eigenvalue weighted by Gasteiger charge is 2.23. The largest absolute Gasteiger partial charge is 0.341 e. The fourth-order valence-electron chi connectivity index (χ4n) is 3.05. The second-order valence-electron chi connectivity index (χ2n) is 6.69. The summed E-state index contributed by atoms with van der Waals surface area (Å²) in [6, 6.07) is 8.26. The second-order valence-corrected chi connectivity index (χ2v) is 6.69. The molecule has 2 N–H and O–H groups in total. The van der Waals surface area contributed by atoms with Crippen LogP contribution in [0.2, 0.25) is 0 Å². The highest BCUT2D eigenvalue weighted by atomic mass is 16.2. The quantitative estimate of drug-likeness (QED) is 0.846. The standard InChI is InChI=1S/C18H25N3O2/c1-13(12-21-10-2-3-17(21)22)20-18(23)19-11-14-4-6-15(7-5-14)16-8-9-16/h4-7,13,16H,2-3,8-12H2,1H3,(H2,19,20,23). The number of amides is 3. The van der Waals surface area contributed by atoms with Gasteiger partial charge in [-0.2, -0.15) is 0 Å². The maximum atomic E-state index is 11.9. The zero-order valence-electron chi connectivity index (χ0n) is 13.7. The monoisotopic (exact) mass is 315 g/mol. The number of likely N-dealkylation sites (tertiary alicyclic amines) is 1. The summed E-state index contributed by atoms with van der Waals surface area (Å²) in [6.07, 6.45) is 4.17. The lowest BCUT2D eigenvalue weighted by molar-refractivity contribution is -0.127. The van der Waals surface area contributed by atoms with Gasteiger partial charge in [-0.25, -0.2) is 4.79 Å². The lowest BCUT2D eigenvalue weighted by Gasteiger charge is -2.21.